The van der Waals surface area contributed by atoms with Crippen LogP contribution in [0.2, 0.25) is 0 Å². The topological polar surface area (TPSA) is 106 Å². The Labute approximate surface area is 284 Å². The largest absolute Gasteiger partial charge is 1.00 e. The van der Waals surface area contributed by atoms with E-state index in [4.69, 9.17) is 18.9 Å². The second-order valence-electron chi connectivity index (χ2n) is 12.5. The summed E-state index contributed by atoms with van der Waals surface area (Å²) in [5, 5.41) is 14.4. The van der Waals surface area contributed by atoms with E-state index in [0.29, 0.717) is 43.5 Å². The number of carbonyl (C=O) groups is 2. The van der Waals surface area contributed by atoms with Crippen LogP contribution in [0.5, 0.6) is 0 Å². The van der Waals surface area contributed by atoms with Gasteiger partial charge in [-0.1, -0.05) is 49.6 Å². The van der Waals surface area contributed by atoms with Gasteiger partial charge in [0, 0.05) is 5.56 Å². The molecule has 2 aliphatic rings. The molecular weight excluding hydrogens is 585 g/mol. The number of amides is 1. The molecule has 10 heteroatoms. The first-order valence-electron chi connectivity index (χ1n) is 15.8. The van der Waals surface area contributed by atoms with Crippen molar-refractivity contribution in [3.63, 3.8) is 0 Å². The van der Waals surface area contributed by atoms with E-state index in [-0.39, 0.29) is 37.2 Å². The molecule has 1 aliphatic carbocycles. The molecule has 8 nitrogen and oxygen atoms in total. The molecule has 242 valence electrons. The third-order valence-electron chi connectivity index (χ3n) is 8.60. The van der Waals surface area contributed by atoms with Crippen molar-refractivity contribution in [1.82, 2.24) is 5.32 Å². The van der Waals surface area contributed by atoms with Gasteiger partial charge in [-0.2, -0.15) is 11.8 Å². The number of rotatable bonds is 15. The number of aryl methyl sites for hydroxylation is 1. The minimum Gasteiger partial charge on any atom is -0.548 e. The quantitative estimate of drug-likeness (QED) is 0.298. The molecule has 4 atom stereocenters. The third-order valence-corrected chi connectivity index (χ3v) is 9.24. The van der Waals surface area contributed by atoms with Gasteiger partial charge in [-0.3, -0.25) is 4.79 Å². The van der Waals surface area contributed by atoms with Gasteiger partial charge in [0.25, 0.3) is 5.91 Å². The van der Waals surface area contributed by atoms with Gasteiger partial charge in [0.2, 0.25) is 0 Å². The molecule has 0 bridgehead atoms. The van der Waals surface area contributed by atoms with Crippen molar-refractivity contribution in [3.8, 4) is 11.1 Å². The summed E-state index contributed by atoms with van der Waals surface area (Å²) < 4.78 is 24.7. The average Bonchev–Trinajstić information content (AvgIpc) is 3.36. The Morgan fingerprint density at radius 3 is 2.47 bits per heavy atom. The van der Waals surface area contributed by atoms with E-state index >= 15 is 0 Å². The van der Waals surface area contributed by atoms with E-state index in [0.717, 1.165) is 35.1 Å². The van der Waals surface area contributed by atoms with Crippen LogP contribution in [-0.4, -0.2) is 67.2 Å². The maximum atomic E-state index is 13.4. The minimum absolute atomic E-state index is 0. The van der Waals surface area contributed by atoms with Crippen LogP contribution in [0.25, 0.3) is 11.1 Å². The fraction of sp³-hybridized carbons (Fsp3) is 0.600. The summed E-state index contributed by atoms with van der Waals surface area (Å²) in [4.78, 5) is 25.1. The Morgan fingerprint density at radius 2 is 1.82 bits per heavy atom. The van der Waals surface area contributed by atoms with Crippen LogP contribution in [0.4, 0.5) is 0 Å². The summed E-state index contributed by atoms with van der Waals surface area (Å²) in [6.45, 7) is 9.24. The van der Waals surface area contributed by atoms with E-state index in [1.807, 2.05) is 63.4 Å². The van der Waals surface area contributed by atoms with Gasteiger partial charge in [0.05, 0.1) is 44.0 Å². The van der Waals surface area contributed by atoms with Crippen molar-refractivity contribution in [3.05, 3.63) is 59.2 Å². The van der Waals surface area contributed by atoms with Crippen LogP contribution in [-0.2, 0) is 30.3 Å². The van der Waals surface area contributed by atoms with Gasteiger partial charge in [-0.05, 0) is 99.3 Å². The van der Waals surface area contributed by atoms with Gasteiger partial charge in [0.15, 0.2) is 5.79 Å². The van der Waals surface area contributed by atoms with E-state index in [1.54, 1.807) is 6.07 Å². The number of thioether (sulfide) groups is 1. The molecule has 2 aromatic carbocycles. The normalized spacial score (nSPS) is 20.2. The Hall–Kier alpha value is -1.83. The second-order valence-corrected chi connectivity index (χ2v) is 13.5. The number of carboxylic acids is 1. The van der Waals surface area contributed by atoms with E-state index in [1.165, 1.54) is 31.0 Å². The standard InChI is InChI=1S/C35H49NO7S.Li/c1-23-11-9-10-14-28(23)30-19-25(15-16-29(30)33(37)36-31(34(38)39)17-18-44-5)20-40-24(2)32(26-12-7-6-8-13-26)41-21-27-22-42-35(3,4)43-27;/h9-11,14-16,19,24,26-27,31-32H,6-8,12-13,17-18,20-22H2,1-5H3,(H,36,37)(H,38,39);/q;+1/p-1/t24?,27?,31-,32?;/m0./s1. The molecule has 2 aromatic rings. The van der Waals surface area contributed by atoms with E-state index in [2.05, 4.69) is 12.2 Å². The van der Waals surface area contributed by atoms with Crippen molar-refractivity contribution in [1.29, 1.82) is 0 Å². The molecule has 45 heavy (non-hydrogen) atoms. The molecule has 1 heterocycles. The van der Waals surface area contributed by atoms with Gasteiger partial charge in [0.1, 0.15) is 6.10 Å². The molecule has 3 unspecified atom stereocenters. The molecule has 2 fully saturated rings. The predicted octanol–water partition coefficient (Wildman–Crippen LogP) is 2.29. The average molecular weight is 634 g/mol. The van der Waals surface area contributed by atoms with Gasteiger partial charge < -0.3 is 34.2 Å². The summed E-state index contributed by atoms with van der Waals surface area (Å²) in [6, 6.07) is 12.4. The molecule has 1 saturated carbocycles. The van der Waals surface area contributed by atoms with Crippen LogP contribution in [0.3, 0.4) is 0 Å². The number of ether oxygens (including phenoxy) is 4. The van der Waals surface area contributed by atoms with Gasteiger partial charge >= 0.3 is 18.9 Å². The number of carbonyl (C=O) groups excluding carboxylic acids is 2. The molecule has 1 saturated heterocycles. The van der Waals surface area contributed by atoms with Crippen molar-refractivity contribution in [2.75, 3.05) is 25.2 Å². The minimum atomic E-state index is -1.28. The Bertz CT molecular complexity index is 1250. The van der Waals surface area contributed by atoms with Crippen LogP contribution < -0.4 is 29.3 Å². The van der Waals surface area contributed by atoms with E-state index in [9.17, 15) is 14.7 Å². The molecule has 1 amide bonds. The first-order valence-corrected chi connectivity index (χ1v) is 17.2. The smallest absolute Gasteiger partial charge is 0.548 e. The number of benzene rings is 2. The number of aliphatic carboxylic acids is 1. The summed E-state index contributed by atoms with van der Waals surface area (Å²) in [5.74, 6) is -1.29. The first-order chi connectivity index (χ1) is 21.1. The molecule has 4 rings (SSSR count). The molecule has 1 N–H and O–H groups in total. The number of nitrogens with one attached hydrogen (secondary N) is 1. The SMILES string of the molecule is CSCC[C@H](NC(=O)c1ccc(COC(C)C(OCC2COC(C)(C)O2)C2CCCCC2)cc1-c1ccccc1C)C(=O)[O-].[Li+]. The zero-order chi connectivity index (χ0) is 31.7. The summed E-state index contributed by atoms with van der Waals surface area (Å²) in [5.41, 5.74) is 3.99. The molecule has 0 aromatic heterocycles. The fourth-order valence-electron chi connectivity index (χ4n) is 6.20. The van der Waals surface area contributed by atoms with Gasteiger partial charge in [-0.15, -0.1) is 0 Å². The van der Waals surface area contributed by atoms with Crippen molar-refractivity contribution < 1.29 is 52.5 Å². The van der Waals surface area contributed by atoms with Crippen molar-refractivity contribution >= 4 is 23.6 Å². The van der Waals surface area contributed by atoms with E-state index < -0.39 is 23.7 Å². The maximum absolute atomic E-state index is 13.4. The summed E-state index contributed by atoms with van der Waals surface area (Å²) in [6.07, 6.45) is 7.78. The molecule has 0 spiro atoms. The summed E-state index contributed by atoms with van der Waals surface area (Å²) in [7, 11) is 0. The van der Waals surface area contributed by atoms with Crippen LogP contribution in [0.1, 0.15) is 80.8 Å². The molecule has 0 radical (unpaired) electrons. The zero-order valence-corrected chi connectivity index (χ0v) is 28.6. The van der Waals surface area contributed by atoms with Crippen LogP contribution >= 0.6 is 11.8 Å². The number of hydrogen-bond donors (Lipinski definition) is 1. The predicted molar refractivity (Wildman–Crippen MR) is 171 cm³/mol. The number of hydrogen-bond acceptors (Lipinski definition) is 8. The Morgan fingerprint density at radius 1 is 1.09 bits per heavy atom. The monoisotopic (exact) mass is 633 g/mol. The van der Waals surface area contributed by atoms with Crippen LogP contribution in [0.15, 0.2) is 42.5 Å². The number of carboxylic acid groups (broad SMARTS) is 1. The van der Waals surface area contributed by atoms with Crippen molar-refractivity contribution in [2.24, 2.45) is 5.92 Å². The Kier molecular flexibility index (Phi) is 15.0. The fourth-order valence-corrected chi connectivity index (χ4v) is 6.67. The van der Waals surface area contributed by atoms with Crippen LogP contribution in [0, 0.1) is 12.8 Å². The Balaban J connectivity index is 0.00000552. The zero-order valence-electron chi connectivity index (χ0n) is 27.8. The van der Waals surface area contributed by atoms with Crippen molar-refractivity contribution in [2.45, 2.75) is 103 Å². The third kappa shape index (κ3) is 10.9. The van der Waals surface area contributed by atoms with Gasteiger partial charge in [-0.25, -0.2) is 0 Å². The maximum Gasteiger partial charge on any atom is 1.00 e. The molecular formula is C35H48LiNO7S. The first kappa shape index (κ1) is 37.6. The summed E-state index contributed by atoms with van der Waals surface area (Å²) >= 11 is 1.52. The molecule has 1 aliphatic heterocycles. The second kappa shape index (κ2) is 17.9.